The normalized spacial score (nSPS) is 16.2. The molecule has 0 unspecified atom stereocenters. The van der Waals surface area contributed by atoms with E-state index in [1.54, 1.807) is 22.1 Å². The molecular formula is C19H24FN3O3S. The molecule has 1 aliphatic rings. The lowest BCUT2D eigenvalue weighted by Gasteiger charge is -2.35. The fourth-order valence-electron chi connectivity index (χ4n) is 3.22. The van der Waals surface area contributed by atoms with Gasteiger partial charge in [-0.25, -0.2) is 4.39 Å². The third kappa shape index (κ3) is 5.24. The molecule has 0 aliphatic carbocycles. The van der Waals surface area contributed by atoms with Crippen LogP contribution in [-0.4, -0.2) is 48.2 Å². The number of rotatable bonds is 7. The zero-order chi connectivity index (χ0) is 19.2. The number of aryl methyl sites for hydroxylation is 1. The predicted octanol–water partition coefficient (Wildman–Crippen LogP) is 1.94. The van der Waals surface area contributed by atoms with Crippen LogP contribution < -0.4 is 10.2 Å². The van der Waals surface area contributed by atoms with Crippen LogP contribution in [0.15, 0.2) is 34.4 Å². The van der Waals surface area contributed by atoms with E-state index < -0.39 is 0 Å². The van der Waals surface area contributed by atoms with Gasteiger partial charge in [-0.2, -0.15) is 0 Å². The van der Waals surface area contributed by atoms with Crippen molar-refractivity contribution in [3.8, 4) is 0 Å². The van der Waals surface area contributed by atoms with Crippen molar-refractivity contribution in [1.29, 1.82) is 0 Å². The topological polar surface area (TPSA) is 63.6 Å². The zero-order valence-corrected chi connectivity index (χ0v) is 16.1. The number of nitrogens with zero attached hydrogens (tertiary/aromatic N) is 2. The van der Waals surface area contributed by atoms with E-state index >= 15 is 0 Å². The van der Waals surface area contributed by atoms with Crippen molar-refractivity contribution in [2.24, 2.45) is 0 Å². The number of amides is 1. The van der Waals surface area contributed by atoms with E-state index in [9.17, 15) is 14.0 Å². The largest absolute Gasteiger partial charge is 0.379 e. The van der Waals surface area contributed by atoms with Crippen molar-refractivity contribution in [2.75, 3.05) is 32.8 Å². The second-order valence-corrected chi connectivity index (χ2v) is 7.39. The Kier molecular flexibility index (Phi) is 6.76. The molecule has 1 aliphatic heterocycles. The van der Waals surface area contributed by atoms with Crippen molar-refractivity contribution in [1.82, 2.24) is 14.8 Å². The van der Waals surface area contributed by atoms with Crippen molar-refractivity contribution >= 4 is 17.2 Å². The van der Waals surface area contributed by atoms with Crippen LogP contribution in [-0.2, 0) is 16.1 Å². The lowest BCUT2D eigenvalue weighted by Crippen LogP contribution is -2.44. The molecule has 1 fully saturated rings. The number of morpholine rings is 1. The number of hydrogen-bond acceptors (Lipinski definition) is 5. The summed E-state index contributed by atoms with van der Waals surface area (Å²) in [6.07, 6.45) is 0.247. The van der Waals surface area contributed by atoms with Gasteiger partial charge in [0, 0.05) is 43.7 Å². The van der Waals surface area contributed by atoms with Gasteiger partial charge in [-0.1, -0.05) is 23.5 Å². The van der Waals surface area contributed by atoms with Crippen molar-refractivity contribution in [3.63, 3.8) is 0 Å². The summed E-state index contributed by atoms with van der Waals surface area (Å²) < 4.78 is 20.3. The van der Waals surface area contributed by atoms with E-state index in [0.717, 1.165) is 35.7 Å². The van der Waals surface area contributed by atoms with Crippen LogP contribution in [0.25, 0.3) is 0 Å². The lowest BCUT2D eigenvalue weighted by atomic mass is 10.0. The zero-order valence-electron chi connectivity index (χ0n) is 15.3. The maximum Gasteiger partial charge on any atom is 0.307 e. The Morgan fingerprint density at radius 2 is 2.00 bits per heavy atom. The number of nitrogens with one attached hydrogen (secondary N) is 1. The third-order valence-electron chi connectivity index (χ3n) is 4.77. The maximum absolute atomic E-state index is 13.3. The average molecular weight is 393 g/mol. The molecule has 1 saturated heterocycles. The summed E-state index contributed by atoms with van der Waals surface area (Å²) in [5.41, 5.74) is 1.83. The Bertz CT molecular complexity index is 812. The van der Waals surface area contributed by atoms with Crippen LogP contribution in [0.2, 0.25) is 0 Å². The Morgan fingerprint density at radius 1 is 1.30 bits per heavy atom. The van der Waals surface area contributed by atoms with Gasteiger partial charge < -0.3 is 14.6 Å². The molecule has 146 valence electrons. The van der Waals surface area contributed by atoms with E-state index in [0.29, 0.717) is 26.3 Å². The van der Waals surface area contributed by atoms with Crippen molar-refractivity contribution < 1.29 is 13.9 Å². The lowest BCUT2D eigenvalue weighted by molar-refractivity contribution is -0.121. The molecule has 0 bridgehead atoms. The van der Waals surface area contributed by atoms with Gasteiger partial charge in [0.1, 0.15) is 5.82 Å². The summed E-state index contributed by atoms with van der Waals surface area (Å²) in [5, 5.41) is 4.76. The van der Waals surface area contributed by atoms with Crippen LogP contribution in [0.3, 0.4) is 0 Å². The SMILES string of the molecule is Cc1csc(=O)n1CCC(=O)NC[C@H](c1ccc(F)cc1)N1CCOCC1. The molecule has 1 aromatic heterocycles. The number of ether oxygens (including phenoxy) is 1. The van der Waals surface area contributed by atoms with Crippen molar-refractivity contribution in [2.45, 2.75) is 25.9 Å². The van der Waals surface area contributed by atoms with Crippen LogP contribution in [0.5, 0.6) is 0 Å². The highest BCUT2D eigenvalue weighted by atomic mass is 32.1. The number of halogens is 1. The fourth-order valence-corrected chi connectivity index (χ4v) is 3.98. The molecule has 27 heavy (non-hydrogen) atoms. The molecule has 1 N–H and O–H groups in total. The monoisotopic (exact) mass is 393 g/mol. The number of aromatic nitrogens is 1. The molecule has 0 saturated carbocycles. The first-order valence-electron chi connectivity index (χ1n) is 9.03. The van der Waals surface area contributed by atoms with Crippen molar-refractivity contribution in [3.05, 3.63) is 56.4 Å². The smallest absolute Gasteiger partial charge is 0.307 e. The molecule has 3 rings (SSSR count). The summed E-state index contributed by atoms with van der Waals surface area (Å²) in [4.78, 5) is 26.2. The molecule has 2 aromatic rings. The summed E-state index contributed by atoms with van der Waals surface area (Å²) in [5.74, 6) is -0.382. The molecule has 6 nitrogen and oxygen atoms in total. The minimum Gasteiger partial charge on any atom is -0.379 e. The minimum absolute atomic E-state index is 0.0379. The molecule has 1 atom stereocenters. The highest BCUT2D eigenvalue weighted by Gasteiger charge is 2.23. The predicted molar refractivity (Wildman–Crippen MR) is 102 cm³/mol. The Balaban J connectivity index is 1.60. The van der Waals surface area contributed by atoms with E-state index in [2.05, 4.69) is 10.2 Å². The highest BCUT2D eigenvalue weighted by Crippen LogP contribution is 2.21. The first-order valence-corrected chi connectivity index (χ1v) is 9.91. The standard InChI is InChI=1S/C19H24FN3O3S/c1-14-13-27-19(25)23(14)7-6-18(24)21-12-17(22-8-10-26-11-9-22)15-2-4-16(20)5-3-15/h2-5,13,17H,6-12H2,1H3,(H,21,24)/t17-/m1/s1. The number of carbonyl (C=O) groups is 1. The van der Waals surface area contributed by atoms with Gasteiger partial charge >= 0.3 is 4.87 Å². The third-order valence-corrected chi connectivity index (χ3v) is 5.65. The van der Waals surface area contributed by atoms with E-state index in [1.165, 1.54) is 12.1 Å². The summed E-state index contributed by atoms with van der Waals surface area (Å²) in [7, 11) is 0. The number of carbonyl (C=O) groups excluding carboxylic acids is 1. The minimum atomic E-state index is -0.278. The second-order valence-electron chi connectivity index (χ2n) is 6.56. The van der Waals surface area contributed by atoms with Gasteiger partial charge in [0.2, 0.25) is 5.91 Å². The number of benzene rings is 1. The number of thiazole rings is 1. The molecule has 2 heterocycles. The summed E-state index contributed by atoms with van der Waals surface area (Å²) >= 11 is 1.14. The van der Waals surface area contributed by atoms with Gasteiger partial charge in [-0.3, -0.25) is 14.5 Å². The molecule has 1 aromatic carbocycles. The molecule has 0 spiro atoms. The summed E-state index contributed by atoms with van der Waals surface area (Å²) in [6.45, 7) is 5.49. The van der Waals surface area contributed by atoms with Crippen LogP contribution in [0.4, 0.5) is 4.39 Å². The Morgan fingerprint density at radius 3 is 2.63 bits per heavy atom. The summed E-state index contributed by atoms with van der Waals surface area (Å²) in [6, 6.07) is 6.36. The molecule has 8 heteroatoms. The second kappa shape index (κ2) is 9.25. The molecular weight excluding hydrogens is 369 g/mol. The van der Waals surface area contributed by atoms with E-state index in [4.69, 9.17) is 4.74 Å². The first-order chi connectivity index (χ1) is 13.0. The number of hydrogen-bond donors (Lipinski definition) is 1. The first kappa shape index (κ1) is 19.7. The quantitative estimate of drug-likeness (QED) is 0.781. The van der Waals surface area contributed by atoms with Crippen LogP contribution >= 0.6 is 11.3 Å². The van der Waals surface area contributed by atoms with Gasteiger partial charge in [0.05, 0.1) is 19.3 Å². The maximum atomic E-state index is 13.3. The van der Waals surface area contributed by atoms with Gasteiger partial charge in [-0.15, -0.1) is 0 Å². The van der Waals surface area contributed by atoms with Gasteiger partial charge in [-0.05, 0) is 24.6 Å². The Labute approximate surface area is 161 Å². The van der Waals surface area contributed by atoms with Crippen LogP contribution in [0.1, 0.15) is 23.7 Å². The van der Waals surface area contributed by atoms with Crippen LogP contribution in [0, 0.1) is 12.7 Å². The highest BCUT2D eigenvalue weighted by molar-refractivity contribution is 7.07. The average Bonchev–Trinajstić information content (AvgIpc) is 3.00. The molecule has 0 radical (unpaired) electrons. The van der Waals surface area contributed by atoms with E-state index in [1.807, 2.05) is 6.92 Å². The molecule has 1 amide bonds. The fraction of sp³-hybridized carbons (Fsp3) is 0.474. The van der Waals surface area contributed by atoms with E-state index in [-0.39, 0.29) is 29.1 Å². The van der Waals surface area contributed by atoms with Gasteiger partial charge in [0.15, 0.2) is 0 Å². The van der Waals surface area contributed by atoms with Gasteiger partial charge in [0.25, 0.3) is 0 Å². The Hall–Kier alpha value is -2.03.